The SMILES string of the molecule is CC(CS(C)(=O)=O)NC(C)c1cncs1. The molecule has 0 aromatic carbocycles. The first-order valence-electron chi connectivity index (χ1n) is 4.70. The lowest BCUT2D eigenvalue weighted by molar-refractivity contribution is 0.505. The molecule has 15 heavy (non-hydrogen) atoms. The number of rotatable bonds is 5. The molecule has 2 unspecified atom stereocenters. The van der Waals surface area contributed by atoms with Gasteiger partial charge in [0.25, 0.3) is 0 Å². The van der Waals surface area contributed by atoms with Gasteiger partial charge in [-0.1, -0.05) is 0 Å². The molecule has 86 valence electrons. The maximum atomic E-state index is 11.1. The molecule has 6 heteroatoms. The lowest BCUT2D eigenvalue weighted by Crippen LogP contribution is -2.34. The van der Waals surface area contributed by atoms with Crippen LogP contribution in [0.5, 0.6) is 0 Å². The molecule has 1 N–H and O–H groups in total. The summed E-state index contributed by atoms with van der Waals surface area (Å²) in [6, 6.07) is 0.103. The lowest BCUT2D eigenvalue weighted by atomic mass is 10.2. The summed E-state index contributed by atoms with van der Waals surface area (Å²) in [6.07, 6.45) is 3.05. The minimum absolute atomic E-state index is 0.0444. The fourth-order valence-corrected chi connectivity index (χ4v) is 3.09. The number of sulfone groups is 1. The molecule has 0 amide bonds. The van der Waals surface area contributed by atoms with Crippen molar-refractivity contribution in [2.75, 3.05) is 12.0 Å². The van der Waals surface area contributed by atoms with Crippen LogP contribution in [0.3, 0.4) is 0 Å². The van der Waals surface area contributed by atoms with Crippen LogP contribution in [0.15, 0.2) is 11.7 Å². The van der Waals surface area contributed by atoms with Crippen LogP contribution >= 0.6 is 11.3 Å². The Bertz CT molecular complexity index is 386. The van der Waals surface area contributed by atoms with Gasteiger partial charge in [-0.05, 0) is 13.8 Å². The third-order valence-corrected chi connectivity index (χ3v) is 4.03. The van der Waals surface area contributed by atoms with Crippen molar-refractivity contribution in [1.82, 2.24) is 10.3 Å². The molecule has 0 saturated carbocycles. The Kier molecular flexibility index (Phi) is 4.24. The number of nitrogens with zero attached hydrogens (tertiary/aromatic N) is 1. The van der Waals surface area contributed by atoms with E-state index in [0.717, 1.165) is 4.88 Å². The lowest BCUT2D eigenvalue weighted by Gasteiger charge is -2.17. The first-order chi connectivity index (χ1) is 6.88. The first kappa shape index (κ1) is 12.6. The van der Waals surface area contributed by atoms with E-state index in [9.17, 15) is 8.42 Å². The molecule has 0 radical (unpaired) electrons. The van der Waals surface area contributed by atoms with E-state index in [-0.39, 0.29) is 17.8 Å². The predicted octanol–water partition coefficient (Wildman–Crippen LogP) is 1.23. The van der Waals surface area contributed by atoms with Crippen LogP contribution in [0.2, 0.25) is 0 Å². The van der Waals surface area contributed by atoms with Gasteiger partial charge in [0, 0.05) is 29.4 Å². The van der Waals surface area contributed by atoms with Crippen LogP contribution in [-0.2, 0) is 9.84 Å². The largest absolute Gasteiger partial charge is 0.306 e. The molecule has 1 heterocycles. The van der Waals surface area contributed by atoms with Crippen LogP contribution in [-0.4, -0.2) is 31.5 Å². The van der Waals surface area contributed by atoms with Gasteiger partial charge in [-0.3, -0.25) is 4.98 Å². The topological polar surface area (TPSA) is 59.1 Å². The minimum atomic E-state index is -2.91. The third-order valence-electron chi connectivity index (χ3n) is 1.97. The molecule has 0 fully saturated rings. The van der Waals surface area contributed by atoms with Gasteiger partial charge < -0.3 is 5.32 Å². The zero-order valence-electron chi connectivity index (χ0n) is 9.10. The van der Waals surface area contributed by atoms with Gasteiger partial charge >= 0.3 is 0 Å². The second-order valence-electron chi connectivity index (χ2n) is 3.79. The van der Waals surface area contributed by atoms with Crippen molar-refractivity contribution >= 4 is 21.2 Å². The van der Waals surface area contributed by atoms with E-state index in [2.05, 4.69) is 10.3 Å². The van der Waals surface area contributed by atoms with Gasteiger partial charge in [0.15, 0.2) is 0 Å². The third kappa shape index (κ3) is 4.72. The Hall–Kier alpha value is -0.460. The molecule has 0 aliphatic carbocycles. The highest BCUT2D eigenvalue weighted by molar-refractivity contribution is 7.90. The molecule has 0 aliphatic rings. The van der Waals surface area contributed by atoms with Gasteiger partial charge in [-0.25, -0.2) is 8.42 Å². The average molecular weight is 248 g/mol. The summed E-state index contributed by atoms with van der Waals surface area (Å²) < 4.78 is 22.1. The van der Waals surface area contributed by atoms with Crippen molar-refractivity contribution in [2.45, 2.75) is 25.9 Å². The molecular weight excluding hydrogens is 232 g/mol. The van der Waals surface area contributed by atoms with Gasteiger partial charge in [-0.15, -0.1) is 11.3 Å². The Labute approximate surface area is 94.7 Å². The maximum Gasteiger partial charge on any atom is 0.148 e. The van der Waals surface area contributed by atoms with Gasteiger partial charge in [0.2, 0.25) is 0 Å². The quantitative estimate of drug-likeness (QED) is 0.851. The van der Waals surface area contributed by atoms with Crippen molar-refractivity contribution in [2.24, 2.45) is 0 Å². The van der Waals surface area contributed by atoms with Crippen LogP contribution in [0.1, 0.15) is 24.8 Å². The van der Waals surface area contributed by atoms with E-state index < -0.39 is 9.84 Å². The van der Waals surface area contributed by atoms with Crippen molar-refractivity contribution in [3.63, 3.8) is 0 Å². The minimum Gasteiger partial charge on any atom is -0.306 e. The molecule has 0 saturated heterocycles. The molecule has 0 bridgehead atoms. The number of hydrogen-bond acceptors (Lipinski definition) is 5. The van der Waals surface area contributed by atoms with E-state index in [1.54, 1.807) is 23.0 Å². The van der Waals surface area contributed by atoms with E-state index in [0.29, 0.717) is 0 Å². The Morgan fingerprint density at radius 3 is 2.67 bits per heavy atom. The van der Waals surface area contributed by atoms with Gasteiger partial charge in [0.05, 0.1) is 11.3 Å². The number of nitrogens with one attached hydrogen (secondary N) is 1. The highest BCUT2D eigenvalue weighted by Gasteiger charge is 2.14. The van der Waals surface area contributed by atoms with E-state index in [1.807, 2.05) is 13.8 Å². The standard InChI is InChI=1S/C9H16N2O2S2/c1-7(5-15(3,12)13)11-8(2)9-4-10-6-14-9/h4,6-8,11H,5H2,1-3H3. The molecule has 1 aromatic heterocycles. The van der Waals surface area contributed by atoms with Crippen molar-refractivity contribution in [3.8, 4) is 0 Å². The summed E-state index contributed by atoms with van der Waals surface area (Å²) in [5, 5.41) is 3.23. The predicted molar refractivity (Wildman–Crippen MR) is 62.8 cm³/mol. The van der Waals surface area contributed by atoms with E-state index in [1.165, 1.54) is 6.26 Å². The normalized spacial score (nSPS) is 16.2. The summed E-state index contributed by atoms with van der Waals surface area (Å²) in [6.45, 7) is 3.88. The molecule has 4 nitrogen and oxygen atoms in total. The summed E-state index contributed by atoms with van der Waals surface area (Å²) in [5.41, 5.74) is 1.77. The van der Waals surface area contributed by atoms with Crippen LogP contribution < -0.4 is 5.32 Å². The van der Waals surface area contributed by atoms with Crippen LogP contribution in [0, 0.1) is 0 Å². The second kappa shape index (κ2) is 5.05. The zero-order chi connectivity index (χ0) is 11.5. The van der Waals surface area contributed by atoms with E-state index >= 15 is 0 Å². The summed E-state index contributed by atoms with van der Waals surface area (Å²) in [7, 11) is -2.91. The fraction of sp³-hybridized carbons (Fsp3) is 0.667. The highest BCUT2D eigenvalue weighted by atomic mass is 32.2. The summed E-state index contributed by atoms with van der Waals surface area (Å²) >= 11 is 1.57. The summed E-state index contributed by atoms with van der Waals surface area (Å²) in [4.78, 5) is 5.11. The number of thiazole rings is 1. The molecule has 2 atom stereocenters. The molecular formula is C9H16N2O2S2. The number of aromatic nitrogens is 1. The Morgan fingerprint density at radius 1 is 1.53 bits per heavy atom. The molecule has 0 spiro atoms. The second-order valence-corrected chi connectivity index (χ2v) is 6.89. The first-order valence-corrected chi connectivity index (χ1v) is 7.64. The van der Waals surface area contributed by atoms with E-state index in [4.69, 9.17) is 0 Å². The monoisotopic (exact) mass is 248 g/mol. The van der Waals surface area contributed by atoms with Crippen molar-refractivity contribution in [3.05, 3.63) is 16.6 Å². The smallest absolute Gasteiger partial charge is 0.148 e. The highest BCUT2D eigenvalue weighted by Crippen LogP contribution is 2.16. The molecule has 1 rings (SSSR count). The van der Waals surface area contributed by atoms with Crippen molar-refractivity contribution < 1.29 is 8.42 Å². The fourth-order valence-electron chi connectivity index (χ4n) is 1.45. The average Bonchev–Trinajstić information content (AvgIpc) is 2.50. The maximum absolute atomic E-state index is 11.1. The zero-order valence-corrected chi connectivity index (χ0v) is 10.7. The van der Waals surface area contributed by atoms with Crippen LogP contribution in [0.25, 0.3) is 0 Å². The Balaban J connectivity index is 2.49. The van der Waals surface area contributed by atoms with Gasteiger partial charge in [-0.2, -0.15) is 0 Å². The van der Waals surface area contributed by atoms with Crippen molar-refractivity contribution in [1.29, 1.82) is 0 Å². The van der Waals surface area contributed by atoms with Gasteiger partial charge in [0.1, 0.15) is 9.84 Å². The Morgan fingerprint density at radius 2 is 2.20 bits per heavy atom. The summed E-state index contributed by atoms with van der Waals surface area (Å²) in [5.74, 6) is 0.163. The number of hydrogen-bond donors (Lipinski definition) is 1. The van der Waals surface area contributed by atoms with Crippen LogP contribution in [0.4, 0.5) is 0 Å². The molecule has 0 aliphatic heterocycles. The molecule has 1 aromatic rings.